The normalized spacial score (nSPS) is 12.9. The fraction of sp³-hybridized carbons (Fsp3) is 0.280. The second-order valence-corrected chi connectivity index (χ2v) is 7.19. The van der Waals surface area contributed by atoms with Crippen LogP contribution in [0.2, 0.25) is 0 Å². The molecule has 1 aliphatic carbocycles. The van der Waals surface area contributed by atoms with E-state index in [9.17, 15) is 0 Å². The molecule has 0 aliphatic heterocycles. The van der Waals surface area contributed by atoms with Crippen LogP contribution in [-0.4, -0.2) is 0 Å². The second-order valence-electron chi connectivity index (χ2n) is 7.19. The number of hydrogen-bond acceptors (Lipinski definition) is 1. The average Bonchev–Trinajstić information content (AvgIpc) is 3.29. The van der Waals surface area contributed by atoms with Gasteiger partial charge in [-0.05, 0) is 64.4 Å². The van der Waals surface area contributed by atoms with Gasteiger partial charge in [0.2, 0.25) is 0 Å². The molecule has 0 atom stereocenters. The number of aryl methyl sites for hydroxylation is 2. The van der Waals surface area contributed by atoms with Crippen LogP contribution in [0.15, 0.2) is 59.0 Å². The Hall–Kier alpha value is -2.54. The minimum atomic E-state index is 0.955. The van der Waals surface area contributed by atoms with E-state index in [1.54, 1.807) is 0 Å². The molecule has 0 bridgehead atoms. The van der Waals surface area contributed by atoms with Crippen LogP contribution in [-0.2, 0) is 19.3 Å². The van der Waals surface area contributed by atoms with Crippen LogP contribution in [0.5, 0.6) is 0 Å². The van der Waals surface area contributed by atoms with Crippen LogP contribution in [0.4, 0.5) is 0 Å². The Balaban J connectivity index is 1.66. The van der Waals surface area contributed by atoms with Crippen molar-refractivity contribution in [2.75, 3.05) is 0 Å². The SMILES string of the molecule is CCCc1ccc(-c2cccc3c2C=C(c2ccc(CCC)o2)C3)cc1. The molecule has 1 nitrogen and oxygen atoms in total. The van der Waals surface area contributed by atoms with Gasteiger partial charge >= 0.3 is 0 Å². The van der Waals surface area contributed by atoms with E-state index in [-0.39, 0.29) is 0 Å². The van der Waals surface area contributed by atoms with Gasteiger partial charge in [0.05, 0.1) is 0 Å². The molecule has 1 heterocycles. The summed E-state index contributed by atoms with van der Waals surface area (Å²) in [6, 6.07) is 20.0. The van der Waals surface area contributed by atoms with Crippen LogP contribution in [0.3, 0.4) is 0 Å². The predicted molar refractivity (Wildman–Crippen MR) is 110 cm³/mol. The highest BCUT2D eigenvalue weighted by Crippen LogP contribution is 2.38. The van der Waals surface area contributed by atoms with Crippen molar-refractivity contribution in [2.24, 2.45) is 0 Å². The Kier molecular flexibility index (Phi) is 4.79. The van der Waals surface area contributed by atoms with Crippen molar-refractivity contribution < 1.29 is 4.42 Å². The molecule has 0 N–H and O–H groups in total. The van der Waals surface area contributed by atoms with Crippen LogP contribution < -0.4 is 0 Å². The Labute approximate surface area is 156 Å². The number of hydrogen-bond donors (Lipinski definition) is 0. The monoisotopic (exact) mass is 342 g/mol. The fourth-order valence-corrected chi connectivity index (χ4v) is 3.85. The summed E-state index contributed by atoms with van der Waals surface area (Å²) in [6.07, 6.45) is 7.74. The van der Waals surface area contributed by atoms with Gasteiger partial charge in [0, 0.05) is 12.8 Å². The highest BCUT2D eigenvalue weighted by Gasteiger charge is 2.19. The third-order valence-electron chi connectivity index (χ3n) is 5.17. The highest BCUT2D eigenvalue weighted by atomic mass is 16.3. The fourth-order valence-electron chi connectivity index (χ4n) is 3.85. The molecule has 1 heteroatoms. The largest absolute Gasteiger partial charge is 0.461 e. The zero-order chi connectivity index (χ0) is 17.9. The van der Waals surface area contributed by atoms with Crippen molar-refractivity contribution in [1.82, 2.24) is 0 Å². The Morgan fingerprint density at radius 2 is 1.65 bits per heavy atom. The summed E-state index contributed by atoms with van der Waals surface area (Å²) in [5, 5.41) is 0. The molecule has 1 aromatic heterocycles. The van der Waals surface area contributed by atoms with Gasteiger partial charge < -0.3 is 4.42 Å². The van der Waals surface area contributed by atoms with Crippen LogP contribution in [0.25, 0.3) is 22.8 Å². The van der Waals surface area contributed by atoms with E-state index in [1.807, 2.05) is 0 Å². The van der Waals surface area contributed by atoms with E-state index in [1.165, 1.54) is 39.8 Å². The number of allylic oxidation sites excluding steroid dienone is 1. The molecule has 1 aliphatic rings. The number of fused-ring (bicyclic) bond motifs is 1. The molecule has 0 amide bonds. The first-order chi connectivity index (χ1) is 12.8. The maximum absolute atomic E-state index is 6.06. The van der Waals surface area contributed by atoms with Crippen molar-refractivity contribution in [3.05, 3.63) is 82.8 Å². The van der Waals surface area contributed by atoms with Crippen molar-refractivity contribution >= 4 is 11.6 Å². The Morgan fingerprint density at radius 1 is 0.846 bits per heavy atom. The smallest absolute Gasteiger partial charge is 0.130 e. The summed E-state index contributed by atoms with van der Waals surface area (Å²) in [4.78, 5) is 0. The molecule has 3 aromatic rings. The summed E-state index contributed by atoms with van der Waals surface area (Å²) >= 11 is 0. The van der Waals surface area contributed by atoms with E-state index in [0.717, 1.165) is 37.2 Å². The number of rotatable bonds is 6. The summed E-state index contributed by atoms with van der Waals surface area (Å²) in [7, 11) is 0. The molecule has 0 saturated heterocycles. The van der Waals surface area contributed by atoms with E-state index < -0.39 is 0 Å². The lowest BCUT2D eigenvalue weighted by molar-refractivity contribution is 0.495. The molecule has 0 spiro atoms. The minimum Gasteiger partial charge on any atom is -0.461 e. The first kappa shape index (κ1) is 16.9. The number of benzene rings is 2. The van der Waals surface area contributed by atoms with Gasteiger partial charge in [-0.25, -0.2) is 0 Å². The topological polar surface area (TPSA) is 13.1 Å². The molecule has 2 aromatic carbocycles. The third-order valence-corrected chi connectivity index (χ3v) is 5.17. The molecular weight excluding hydrogens is 316 g/mol. The first-order valence-electron chi connectivity index (χ1n) is 9.79. The van der Waals surface area contributed by atoms with Gasteiger partial charge in [0.25, 0.3) is 0 Å². The van der Waals surface area contributed by atoms with Crippen LogP contribution in [0.1, 0.15) is 54.9 Å². The quantitative estimate of drug-likeness (QED) is 0.472. The molecule has 4 rings (SSSR count). The maximum Gasteiger partial charge on any atom is 0.130 e. The molecule has 0 radical (unpaired) electrons. The average molecular weight is 342 g/mol. The van der Waals surface area contributed by atoms with Gasteiger partial charge in [0.15, 0.2) is 0 Å². The molecule has 0 unspecified atom stereocenters. The third kappa shape index (κ3) is 3.26. The zero-order valence-electron chi connectivity index (χ0n) is 15.7. The number of furan rings is 1. The lowest BCUT2D eigenvalue weighted by atomic mass is 9.96. The summed E-state index contributed by atoms with van der Waals surface area (Å²) < 4.78 is 6.06. The Bertz CT molecular complexity index is 925. The first-order valence-corrected chi connectivity index (χ1v) is 9.79. The molecule has 132 valence electrons. The van der Waals surface area contributed by atoms with Gasteiger partial charge in [-0.15, -0.1) is 0 Å². The van der Waals surface area contributed by atoms with Gasteiger partial charge in [-0.2, -0.15) is 0 Å². The maximum atomic E-state index is 6.06. The van der Waals surface area contributed by atoms with E-state index >= 15 is 0 Å². The summed E-state index contributed by atoms with van der Waals surface area (Å²) in [5.41, 5.74) is 8.06. The predicted octanol–water partition coefficient (Wildman–Crippen LogP) is 6.95. The molecule has 0 saturated carbocycles. The summed E-state index contributed by atoms with van der Waals surface area (Å²) in [5.74, 6) is 2.11. The van der Waals surface area contributed by atoms with E-state index in [2.05, 4.69) is 74.5 Å². The Morgan fingerprint density at radius 3 is 2.42 bits per heavy atom. The van der Waals surface area contributed by atoms with Crippen molar-refractivity contribution in [3.63, 3.8) is 0 Å². The van der Waals surface area contributed by atoms with Crippen molar-refractivity contribution in [1.29, 1.82) is 0 Å². The standard InChI is InChI=1S/C25H26O/c1-3-6-18-10-12-19(13-11-18)23-9-5-8-20-16-21(17-24(20)23)25-15-14-22(26-25)7-4-2/h5,8-15,17H,3-4,6-7,16H2,1-2H3. The molecular formula is C25H26O. The lowest BCUT2D eigenvalue weighted by Crippen LogP contribution is -1.88. The highest BCUT2D eigenvalue weighted by molar-refractivity contribution is 5.92. The molecule has 0 fully saturated rings. The van der Waals surface area contributed by atoms with Crippen molar-refractivity contribution in [3.8, 4) is 11.1 Å². The summed E-state index contributed by atoms with van der Waals surface area (Å²) in [6.45, 7) is 4.41. The zero-order valence-corrected chi connectivity index (χ0v) is 15.7. The van der Waals surface area contributed by atoms with Crippen molar-refractivity contribution in [2.45, 2.75) is 46.0 Å². The van der Waals surface area contributed by atoms with E-state index in [4.69, 9.17) is 4.42 Å². The second kappa shape index (κ2) is 7.37. The van der Waals surface area contributed by atoms with Gasteiger partial charge in [-0.3, -0.25) is 0 Å². The molecule has 26 heavy (non-hydrogen) atoms. The van der Waals surface area contributed by atoms with E-state index in [0.29, 0.717) is 0 Å². The van der Waals surface area contributed by atoms with Crippen LogP contribution in [0, 0.1) is 0 Å². The lowest BCUT2D eigenvalue weighted by Gasteiger charge is -2.08. The van der Waals surface area contributed by atoms with Crippen LogP contribution >= 0.6 is 0 Å². The van der Waals surface area contributed by atoms with Gasteiger partial charge in [0.1, 0.15) is 11.5 Å². The minimum absolute atomic E-state index is 0.955. The van der Waals surface area contributed by atoms with Gasteiger partial charge in [-0.1, -0.05) is 62.7 Å².